The molecular weight excluding hydrogens is 348 g/mol. The van der Waals surface area contributed by atoms with Crippen molar-refractivity contribution < 1.29 is 13.2 Å². The first kappa shape index (κ1) is 18.6. The fourth-order valence-corrected chi connectivity index (χ4v) is 4.88. The molecule has 1 fully saturated rings. The van der Waals surface area contributed by atoms with Gasteiger partial charge in [0.1, 0.15) is 0 Å². The number of piperidine rings is 1. The number of rotatable bonds is 4. The molecule has 1 aliphatic rings. The van der Waals surface area contributed by atoms with Gasteiger partial charge in [-0.25, -0.2) is 8.42 Å². The van der Waals surface area contributed by atoms with E-state index in [-0.39, 0.29) is 16.8 Å². The summed E-state index contributed by atoms with van der Waals surface area (Å²) in [6.45, 7) is 4.48. The predicted molar refractivity (Wildman–Crippen MR) is 103 cm³/mol. The van der Waals surface area contributed by atoms with Crippen LogP contribution < -0.4 is 5.32 Å². The lowest BCUT2D eigenvalue weighted by molar-refractivity contribution is 0.102. The van der Waals surface area contributed by atoms with Gasteiger partial charge in [-0.05, 0) is 63.1 Å². The van der Waals surface area contributed by atoms with Gasteiger partial charge in [-0.1, -0.05) is 24.1 Å². The molecule has 138 valence electrons. The average molecular weight is 372 g/mol. The second-order valence-corrected chi connectivity index (χ2v) is 8.70. The minimum Gasteiger partial charge on any atom is -0.322 e. The predicted octanol–water partition coefficient (Wildman–Crippen LogP) is 3.81. The molecule has 0 radical (unpaired) electrons. The molecule has 0 aromatic heterocycles. The number of benzene rings is 2. The molecule has 0 spiro atoms. The molecule has 1 atom stereocenters. The van der Waals surface area contributed by atoms with Gasteiger partial charge in [0.05, 0.1) is 4.90 Å². The van der Waals surface area contributed by atoms with Crippen LogP contribution in [0, 0.1) is 6.92 Å². The number of nitrogens with zero attached hydrogens (tertiary/aromatic N) is 1. The molecule has 0 saturated carbocycles. The third-order valence-corrected chi connectivity index (χ3v) is 6.80. The lowest BCUT2D eigenvalue weighted by atomic mass is 10.1. The summed E-state index contributed by atoms with van der Waals surface area (Å²) in [6, 6.07) is 13.7. The van der Waals surface area contributed by atoms with Crippen molar-refractivity contribution in [2.24, 2.45) is 0 Å². The second-order valence-electron chi connectivity index (χ2n) is 6.81. The zero-order chi connectivity index (χ0) is 18.7. The number of anilines is 1. The van der Waals surface area contributed by atoms with E-state index >= 15 is 0 Å². The van der Waals surface area contributed by atoms with Crippen LogP contribution in [-0.4, -0.2) is 31.2 Å². The number of nitrogens with one attached hydrogen (secondary N) is 1. The maximum Gasteiger partial charge on any atom is 0.255 e. The number of amides is 1. The van der Waals surface area contributed by atoms with Crippen LogP contribution in [0.2, 0.25) is 0 Å². The summed E-state index contributed by atoms with van der Waals surface area (Å²) < 4.78 is 27.2. The Morgan fingerprint density at radius 2 is 1.69 bits per heavy atom. The Bertz CT molecular complexity index is 874. The third-order valence-electron chi connectivity index (χ3n) is 4.77. The molecule has 3 rings (SSSR count). The van der Waals surface area contributed by atoms with Crippen molar-refractivity contribution in [2.45, 2.75) is 44.0 Å². The maximum atomic E-state index is 12.8. The van der Waals surface area contributed by atoms with Crippen LogP contribution in [0.1, 0.15) is 42.1 Å². The van der Waals surface area contributed by atoms with Gasteiger partial charge < -0.3 is 5.32 Å². The summed E-state index contributed by atoms with van der Waals surface area (Å²) in [5.74, 6) is -0.260. The van der Waals surface area contributed by atoms with Crippen LogP contribution in [0.15, 0.2) is 53.4 Å². The molecule has 0 bridgehead atoms. The molecule has 1 N–H and O–H groups in total. The highest BCUT2D eigenvalue weighted by atomic mass is 32.2. The summed E-state index contributed by atoms with van der Waals surface area (Å²) in [6.07, 6.45) is 2.84. The van der Waals surface area contributed by atoms with E-state index in [2.05, 4.69) is 5.32 Å². The average Bonchev–Trinajstić information content (AvgIpc) is 2.64. The Hall–Kier alpha value is -2.18. The number of carbonyl (C=O) groups is 1. The quantitative estimate of drug-likeness (QED) is 0.887. The van der Waals surface area contributed by atoms with E-state index < -0.39 is 10.0 Å². The fourth-order valence-electron chi connectivity index (χ4n) is 3.18. The van der Waals surface area contributed by atoms with Crippen molar-refractivity contribution >= 4 is 21.6 Å². The number of hydrogen-bond acceptors (Lipinski definition) is 3. The van der Waals surface area contributed by atoms with Crippen LogP contribution in [0.4, 0.5) is 5.69 Å². The molecule has 26 heavy (non-hydrogen) atoms. The second kappa shape index (κ2) is 7.60. The van der Waals surface area contributed by atoms with Gasteiger partial charge in [-0.2, -0.15) is 4.31 Å². The molecular formula is C20H24N2O3S. The largest absolute Gasteiger partial charge is 0.322 e. The lowest BCUT2D eigenvalue weighted by Crippen LogP contribution is -2.41. The van der Waals surface area contributed by atoms with Gasteiger partial charge >= 0.3 is 0 Å². The van der Waals surface area contributed by atoms with Gasteiger partial charge in [0.15, 0.2) is 0 Å². The minimum absolute atomic E-state index is 0.0123. The highest BCUT2D eigenvalue weighted by Crippen LogP contribution is 2.25. The first-order chi connectivity index (χ1) is 12.4. The molecule has 0 unspecified atom stereocenters. The summed E-state index contributed by atoms with van der Waals surface area (Å²) >= 11 is 0. The molecule has 5 nitrogen and oxygen atoms in total. The highest BCUT2D eigenvalue weighted by Gasteiger charge is 2.30. The van der Waals surface area contributed by atoms with E-state index in [9.17, 15) is 13.2 Å². The van der Waals surface area contributed by atoms with E-state index in [1.807, 2.05) is 38.1 Å². The topological polar surface area (TPSA) is 66.5 Å². The van der Waals surface area contributed by atoms with Gasteiger partial charge in [0.2, 0.25) is 10.0 Å². The van der Waals surface area contributed by atoms with E-state index in [4.69, 9.17) is 0 Å². The Balaban J connectivity index is 1.75. The van der Waals surface area contributed by atoms with Gasteiger partial charge in [0.25, 0.3) is 5.91 Å². The summed E-state index contributed by atoms with van der Waals surface area (Å²) in [4.78, 5) is 12.6. The van der Waals surface area contributed by atoms with E-state index in [1.165, 1.54) is 12.1 Å². The number of carbonyl (C=O) groups excluding carboxylic acids is 1. The number of aryl methyl sites for hydroxylation is 1. The van der Waals surface area contributed by atoms with Crippen LogP contribution in [0.25, 0.3) is 0 Å². The van der Waals surface area contributed by atoms with Crippen LogP contribution in [0.5, 0.6) is 0 Å². The Morgan fingerprint density at radius 1 is 1.04 bits per heavy atom. The van der Waals surface area contributed by atoms with E-state index in [0.717, 1.165) is 24.8 Å². The van der Waals surface area contributed by atoms with Crippen LogP contribution >= 0.6 is 0 Å². The van der Waals surface area contributed by atoms with Gasteiger partial charge in [0, 0.05) is 23.8 Å². The molecule has 2 aromatic rings. The van der Waals surface area contributed by atoms with Crippen molar-refractivity contribution in [3.63, 3.8) is 0 Å². The van der Waals surface area contributed by atoms with Crippen molar-refractivity contribution in [3.8, 4) is 0 Å². The molecule has 1 heterocycles. The van der Waals surface area contributed by atoms with Crippen molar-refractivity contribution in [1.82, 2.24) is 4.31 Å². The normalized spacial score (nSPS) is 18.5. The third kappa shape index (κ3) is 3.97. The standard InChI is InChI=1S/C20H24N2O3S/c1-15-6-10-18(11-7-15)21-20(23)17-8-12-19(13-9-17)26(24,25)22-14-4-3-5-16(22)2/h6-13,16H,3-5,14H2,1-2H3,(H,21,23)/t16-/m1/s1. The van der Waals surface area contributed by atoms with Gasteiger partial charge in [-0.3, -0.25) is 4.79 Å². The number of hydrogen-bond donors (Lipinski definition) is 1. The Morgan fingerprint density at radius 3 is 2.31 bits per heavy atom. The molecule has 6 heteroatoms. The molecule has 2 aromatic carbocycles. The summed E-state index contributed by atoms with van der Waals surface area (Å²) in [5.41, 5.74) is 2.25. The van der Waals surface area contributed by atoms with E-state index in [1.54, 1.807) is 16.4 Å². The SMILES string of the molecule is Cc1ccc(NC(=O)c2ccc(S(=O)(=O)N3CCCC[C@H]3C)cc2)cc1. The smallest absolute Gasteiger partial charge is 0.255 e. The zero-order valence-corrected chi connectivity index (χ0v) is 15.9. The molecule has 0 aliphatic carbocycles. The van der Waals surface area contributed by atoms with Gasteiger partial charge in [-0.15, -0.1) is 0 Å². The molecule has 1 saturated heterocycles. The minimum atomic E-state index is -3.52. The molecule has 1 amide bonds. The first-order valence-corrected chi connectivity index (χ1v) is 10.3. The fraction of sp³-hybridized carbons (Fsp3) is 0.350. The zero-order valence-electron chi connectivity index (χ0n) is 15.1. The van der Waals surface area contributed by atoms with Crippen LogP contribution in [0.3, 0.4) is 0 Å². The summed E-state index contributed by atoms with van der Waals surface area (Å²) in [7, 11) is -3.52. The monoisotopic (exact) mass is 372 g/mol. The van der Waals surface area contributed by atoms with E-state index in [0.29, 0.717) is 17.8 Å². The maximum absolute atomic E-state index is 12.8. The summed E-state index contributed by atoms with van der Waals surface area (Å²) in [5, 5.41) is 2.82. The van der Waals surface area contributed by atoms with Crippen molar-refractivity contribution in [3.05, 3.63) is 59.7 Å². The van der Waals surface area contributed by atoms with Crippen molar-refractivity contribution in [2.75, 3.05) is 11.9 Å². The lowest BCUT2D eigenvalue weighted by Gasteiger charge is -2.32. The van der Waals surface area contributed by atoms with Crippen LogP contribution in [-0.2, 0) is 10.0 Å². The number of sulfonamides is 1. The van der Waals surface area contributed by atoms with Crippen molar-refractivity contribution in [1.29, 1.82) is 0 Å². The molecule has 1 aliphatic heterocycles. The first-order valence-electron chi connectivity index (χ1n) is 8.88. The Labute approximate surface area is 155 Å². The Kier molecular flexibility index (Phi) is 5.44. The highest BCUT2D eigenvalue weighted by molar-refractivity contribution is 7.89.